The number of hydrogen-bond acceptors (Lipinski definition) is 6. The molecule has 1 fully saturated rings. The van der Waals surface area contributed by atoms with Crippen molar-refractivity contribution in [3.63, 3.8) is 0 Å². The van der Waals surface area contributed by atoms with E-state index in [1.165, 1.54) is 12.0 Å². The number of likely N-dealkylation sites (tertiary alicyclic amines) is 1. The molecule has 196 valence electrons. The van der Waals surface area contributed by atoms with Gasteiger partial charge in [0.1, 0.15) is 30.5 Å². The third kappa shape index (κ3) is 5.79. The number of rotatable bonds is 11. The molecular weight excluding hydrogens is 482 g/mol. The molecule has 0 bridgehead atoms. The Hall–Kier alpha value is -4.36. The van der Waals surface area contributed by atoms with Crippen LogP contribution in [0.1, 0.15) is 28.3 Å². The highest BCUT2D eigenvalue weighted by atomic mass is 16.5. The van der Waals surface area contributed by atoms with Crippen LogP contribution >= 0.6 is 0 Å². The molecule has 0 saturated carbocycles. The first kappa shape index (κ1) is 26.7. The number of ether oxygens (including phenoxy) is 3. The van der Waals surface area contributed by atoms with E-state index >= 15 is 0 Å². The predicted octanol–water partition coefficient (Wildman–Crippen LogP) is 5.21. The molecule has 3 aromatic rings. The van der Waals surface area contributed by atoms with Crippen LogP contribution < -0.4 is 9.47 Å². The van der Waals surface area contributed by atoms with Crippen molar-refractivity contribution in [2.45, 2.75) is 19.6 Å². The van der Waals surface area contributed by atoms with E-state index in [0.717, 1.165) is 11.1 Å². The normalized spacial score (nSPS) is 16.5. The second-order valence-corrected chi connectivity index (χ2v) is 8.89. The molecule has 1 atom stereocenters. The lowest BCUT2D eigenvalue weighted by Crippen LogP contribution is -2.32. The predicted molar refractivity (Wildman–Crippen MR) is 145 cm³/mol. The molecule has 0 spiro atoms. The van der Waals surface area contributed by atoms with Gasteiger partial charge in [0.05, 0.1) is 18.2 Å². The molecule has 3 aromatic carbocycles. The Balaban J connectivity index is 1.63. The summed E-state index contributed by atoms with van der Waals surface area (Å²) in [4.78, 5) is 27.5. The maximum Gasteiger partial charge on any atom is 0.295 e. The molecule has 1 saturated heterocycles. The summed E-state index contributed by atoms with van der Waals surface area (Å²) in [5.74, 6) is -0.416. The van der Waals surface area contributed by atoms with Gasteiger partial charge in [0.2, 0.25) is 0 Å². The molecule has 4 rings (SSSR count). The van der Waals surface area contributed by atoms with Gasteiger partial charge in [0, 0.05) is 19.2 Å². The fraction of sp³-hybridized carbons (Fsp3) is 0.226. The number of carbonyl (C=O) groups is 2. The van der Waals surface area contributed by atoms with Gasteiger partial charge in [0.15, 0.2) is 0 Å². The van der Waals surface area contributed by atoms with Crippen molar-refractivity contribution in [1.82, 2.24) is 4.90 Å². The molecule has 0 aromatic heterocycles. The molecule has 1 amide bonds. The Morgan fingerprint density at radius 2 is 1.63 bits per heavy atom. The molecule has 7 heteroatoms. The van der Waals surface area contributed by atoms with Gasteiger partial charge in [-0.1, -0.05) is 49.1 Å². The Kier molecular flexibility index (Phi) is 8.61. The smallest absolute Gasteiger partial charge is 0.295 e. The lowest BCUT2D eigenvalue weighted by Gasteiger charge is -2.25. The van der Waals surface area contributed by atoms with Crippen molar-refractivity contribution in [2.24, 2.45) is 0 Å². The van der Waals surface area contributed by atoms with Crippen LogP contribution in [-0.4, -0.2) is 48.6 Å². The average Bonchev–Trinajstić information content (AvgIpc) is 3.19. The van der Waals surface area contributed by atoms with Gasteiger partial charge in [-0.05, 0) is 60.0 Å². The van der Waals surface area contributed by atoms with Crippen LogP contribution in [0.25, 0.3) is 5.76 Å². The van der Waals surface area contributed by atoms with E-state index in [1.807, 2.05) is 31.2 Å². The van der Waals surface area contributed by atoms with E-state index in [0.29, 0.717) is 35.8 Å². The number of nitrogens with zero attached hydrogens (tertiary/aromatic N) is 1. The summed E-state index contributed by atoms with van der Waals surface area (Å²) >= 11 is 0. The number of aliphatic hydroxyl groups is 1. The fourth-order valence-corrected chi connectivity index (χ4v) is 4.35. The van der Waals surface area contributed by atoms with Gasteiger partial charge in [-0.2, -0.15) is 0 Å². The number of hydrogen-bond donors (Lipinski definition) is 1. The third-order valence-corrected chi connectivity index (χ3v) is 6.42. The number of Topliss-reactive ketones (excluding diaryl/α,β-unsaturated/α-hetero) is 1. The quantitative estimate of drug-likeness (QED) is 0.164. The van der Waals surface area contributed by atoms with Crippen molar-refractivity contribution in [2.75, 3.05) is 26.9 Å². The third-order valence-electron chi connectivity index (χ3n) is 6.42. The molecular formula is C31H31NO6. The molecule has 7 nitrogen and oxygen atoms in total. The van der Waals surface area contributed by atoms with Crippen molar-refractivity contribution < 1.29 is 28.9 Å². The van der Waals surface area contributed by atoms with Gasteiger partial charge < -0.3 is 24.2 Å². The summed E-state index contributed by atoms with van der Waals surface area (Å²) in [5, 5.41) is 11.3. The van der Waals surface area contributed by atoms with E-state index in [9.17, 15) is 14.7 Å². The summed E-state index contributed by atoms with van der Waals surface area (Å²) in [6.45, 7) is 6.88. The molecule has 1 unspecified atom stereocenters. The van der Waals surface area contributed by atoms with E-state index < -0.39 is 17.7 Å². The molecule has 1 N–H and O–H groups in total. The van der Waals surface area contributed by atoms with Crippen LogP contribution in [0.3, 0.4) is 0 Å². The minimum absolute atomic E-state index is 0.0273. The standard InChI is InChI=1S/C31H31NO6/c1-4-18-37-25-13-9-22(10-14-25)28-27(30(34)31(35)32(28)17-19-36-3)29(33)23-11-15-26(16-12-23)38-20-24-8-6-5-7-21(24)2/h4-16,28,33H,1,17-20H2,2-3H3/b29-27+. The van der Waals surface area contributed by atoms with E-state index in [1.54, 1.807) is 54.6 Å². The van der Waals surface area contributed by atoms with Gasteiger partial charge in [-0.15, -0.1) is 0 Å². The molecule has 38 heavy (non-hydrogen) atoms. The van der Waals surface area contributed by atoms with Gasteiger partial charge in [-0.3, -0.25) is 9.59 Å². The fourth-order valence-electron chi connectivity index (χ4n) is 4.35. The van der Waals surface area contributed by atoms with Gasteiger partial charge in [0.25, 0.3) is 11.7 Å². The molecule has 1 heterocycles. The number of benzene rings is 3. The number of methoxy groups -OCH3 is 1. The van der Waals surface area contributed by atoms with Crippen LogP contribution in [0.2, 0.25) is 0 Å². The van der Waals surface area contributed by atoms with E-state index in [4.69, 9.17) is 14.2 Å². The zero-order chi connectivity index (χ0) is 27.1. The summed E-state index contributed by atoms with van der Waals surface area (Å²) in [5.41, 5.74) is 3.33. The summed E-state index contributed by atoms with van der Waals surface area (Å²) in [6, 6.07) is 21.1. The van der Waals surface area contributed by atoms with Crippen molar-refractivity contribution >= 4 is 17.4 Å². The summed E-state index contributed by atoms with van der Waals surface area (Å²) in [7, 11) is 1.53. The Morgan fingerprint density at radius 1 is 0.974 bits per heavy atom. The molecule has 0 aliphatic carbocycles. The van der Waals surface area contributed by atoms with Crippen molar-refractivity contribution in [3.05, 3.63) is 113 Å². The number of amides is 1. The minimum atomic E-state index is -0.768. The zero-order valence-corrected chi connectivity index (χ0v) is 21.6. The monoisotopic (exact) mass is 513 g/mol. The minimum Gasteiger partial charge on any atom is -0.507 e. The lowest BCUT2D eigenvalue weighted by atomic mass is 9.95. The average molecular weight is 514 g/mol. The van der Waals surface area contributed by atoms with Crippen LogP contribution in [0.5, 0.6) is 11.5 Å². The van der Waals surface area contributed by atoms with Crippen LogP contribution in [0.15, 0.2) is 91.0 Å². The second kappa shape index (κ2) is 12.3. The van der Waals surface area contributed by atoms with Crippen molar-refractivity contribution in [1.29, 1.82) is 0 Å². The van der Waals surface area contributed by atoms with E-state index in [2.05, 4.69) is 6.58 Å². The highest BCUT2D eigenvalue weighted by Crippen LogP contribution is 2.39. The first-order valence-electron chi connectivity index (χ1n) is 12.3. The Morgan fingerprint density at radius 3 is 2.29 bits per heavy atom. The highest BCUT2D eigenvalue weighted by molar-refractivity contribution is 6.46. The Labute approximate surface area is 222 Å². The Bertz CT molecular complexity index is 1330. The second-order valence-electron chi connectivity index (χ2n) is 8.89. The first-order valence-corrected chi connectivity index (χ1v) is 12.3. The van der Waals surface area contributed by atoms with Gasteiger partial charge in [-0.25, -0.2) is 0 Å². The number of aryl methyl sites for hydroxylation is 1. The number of carbonyl (C=O) groups excluding carboxylic acids is 2. The highest BCUT2D eigenvalue weighted by Gasteiger charge is 2.45. The number of ketones is 1. The maximum atomic E-state index is 13.1. The number of aliphatic hydroxyl groups excluding tert-OH is 1. The van der Waals surface area contributed by atoms with Crippen LogP contribution in [0, 0.1) is 6.92 Å². The van der Waals surface area contributed by atoms with Gasteiger partial charge >= 0.3 is 0 Å². The molecule has 0 radical (unpaired) electrons. The van der Waals surface area contributed by atoms with Crippen LogP contribution in [-0.2, 0) is 20.9 Å². The summed E-state index contributed by atoms with van der Waals surface area (Å²) < 4.78 is 16.6. The SMILES string of the molecule is C=CCOc1ccc(C2/C(=C(\O)c3ccc(OCc4ccccc4C)cc3)C(=O)C(=O)N2CCOC)cc1. The van der Waals surface area contributed by atoms with Crippen molar-refractivity contribution in [3.8, 4) is 11.5 Å². The summed E-state index contributed by atoms with van der Waals surface area (Å²) in [6.07, 6.45) is 1.65. The lowest BCUT2D eigenvalue weighted by molar-refractivity contribution is -0.140. The molecule has 1 aliphatic rings. The maximum absolute atomic E-state index is 13.1. The first-order chi connectivity index (χ1) is 18.4. The van der Waals surface area contributed by atoms with E-state index in [-0.39, 0.29) is 24.5 Å². The largest absolute Gasteiger partial charge is 0.507 e. The zero-order valence-electron chi connectivity index (χ0n) is 21.6. The van der Waals surface area contributed by atoms with Crippen LogP contribution in [0.4, 0.5) is 0 Å². The molecule has 1 aliphatic heterocycles. The topological polar surface area (TPSA) is 85.3 Å².